The molecule has 0 aliphatic carbocycles. The largest absolute Gasteiger partial charge is 0.255 e. The molecule has 0 radical (unpaired) electrons. The molecule has 1 rings (SSSR count). The lowest BCUT2D eigenvalue weighted by molar-refractivity contribution is 0.802. The number of aromatic nitrogens is 1. The van der Waals surface area contributed by atoms with E-state index in [4.69, 9.17) is 11.6 Å². The molecule has 0 saturated heterocycles. The van der Waals surface area contributed by atoms with Gasteiger partial charge in [-0.3, -0.25) is 4.98 Å². The van der Waals surface area contributed by atoms with Crippen LogP contribution < -0.4 is 0 Å². The van der Waals surface area contributed by atoms with Gasteiger partial charge in [-0.25, -0.2) is 0 Å². The SMILES string of the molecule is CC(C)(C)SCC/C=C(\Cl)c1ccccn1. The highest BCUT2D eigenvalue weighted by atomic mass is 35.5. The highest BCUT2D eigenvalue weighted by molar-refractivity contribution is 8.00. The van der Waals surface area contributed by atoms with Crippen molar-refractivity contribution in [2.45, 2.75) is 31.9 Å². The zero-order valence-electron chi connectivity index (χ0n) is 10.0. The number of thioether (sulfide) groups is 1. The van der Waals surface area contributed by atoms with Crippen molar-refractivity contribution < 1.29 is 0 Å². The van der Waals surface area contributed by atoms with E-state index in [1.165, 1.54) is 0 Å². The third-order valence-corrected chi connectivity index (χ3v) is 3.54. The number of hydrogen-bond acceptors (Lipinski definition) is 2. The molecule has 0 aliphatic heterocycles. The summed E-state index contributed by atoms with van der Waals surface area (Å²) in [6.07, 6.45) is 4.79. The maximum atomic E-state index is 6.15. The molecule has 3 heteroatoms. The fourth-order valence-electron chi connectivity index (χ4n) is 1.16. The Hall–Kier alpha value is -0.470. The Morgan fingerprint density at radius 1 is 1.44 bits per heavy atom. The molecule has 0 aromatic carbocycles. The van der Waals surface area contributed by atoms with Crippen LogP contribution in [0.5, 0.6) is 0 Å². The Kier molecular flexibility index (Phi) is 5.36. The molecule has 16 heavy (non-hydrogen) atoms. The first-order valence-electron chi connectivity index (χ1n) is 5.40. The van der Waals surface area contributed by atoms with Crippen LogP contribution in [0.25, 0.3) is 5.03 Å². The van der Waals surface area contributed by atoms with E-state index in [2.05, 4.69) is 25.8 Å². The third-order valence-electron chi connectivity index (χ3n) is 1.89. The van der Waals surface area contributed by atoms with Crippen LogP contribution in [0.4, 0.5) is 0 Å². The molecule has 0 N–H and O–H groups in total. The normalized spacial score (nSPS) is 12.9. The van der Waals surface area contributed by atoms with Crippen molar-refractivity contribution in [2.75, 3.05) is 5.75 Å². The molecule has 0 aliphatic rings. The molecule has 0 unspecified atom stereocenters. The fourth-order valence-corrected chi connectivity index (χ4v) is 2.23. The topological polar surface area (TPSA) is 12.9 Å². The maximum absolute atomic E-state index is 6.15. The van der Waals surface area contributed by atoms with Crippen LogP contribution >= 0.6 is 23.4 Å². The van der Waals surface area contributed by atoms with Gasteiger partial charge in [0.1, 0.15) is 0 Å². The standard InChI is InChI=1S/C13H18ClNS/c1-13(2,3)16-10-6-7-11(14)12-8-4-5-9-15-12/h4-5,7-9H,6,10H2,1-3H3/b11-7-. The fraction of sp³-hybridized carbons (Fsp3) is 0.462. The van der Waals surface area contributed by atoms with Gasteiger partial charge in [0.15, 0.2) is 0 Å². The second-order valence-corrected chi connectivity index (χ2v) is 6.85. The number of hydrogen-bond donors (Lipinski definition) is 0. The quantitative estimate of drug-likeness (QED) is 0.731. The first-order valence-corrected chi connectivity index (χ1v) is 6.76. The summed E-state index contributed by atoms with van der Waals surface area (Å²) in [5.74, 6) is 1.09. The summed E-state index contributed by atoms with van der Waals surface area (Å²) in [4.78, 5) is 4.20. The van der Waals surface area contributed by atoms with E-state index >= 15 is 0 Å². The van der Waals surface area contributed by atoms with Crippen LogP contribution in [0.15, 0.2) is 30.5 Å². The first-order chi connectivity index (χ1) is 7.49. The van der Waals surface area contributed by atoms with Crippen LogP contribution in [-0.4, -0.2) is 15.5 Å². The summed E-state index contributed by atoms with van der Waals surface area (Å²) in [6.45, 7) is 6.67. The molecule has 0 amide bonds. The van der Waals surface area contributed by atoms with Gasteiger partial charge in [-0.2, -0.15) is 11.8 Å². The second kappa shape index (κ2) is 6.31. The third kappa shape index (κ3) is 5.57. The molecule has 1 heterocycles. The smallest absolute Gasteiger partial charge is 0.0812 e. The van der Waals surface area contributed by atoms with Crippen molar-refractivity contribution in [3.63, 3.8) is 0 Å². The monoisotopic (exact) mass is 255 g/mol. The van der Waals surface area contributed by atoms with E-state index in [0.717, 1.165) is 22.9 Å². The van der Waals surface area contributed by atoms with Crippen molar-refractivity contribution in [3.8, 4) is 0 Å². The van der Waals surface area contributed by atoms with Gasteiger partial charge >= 0.3 is 0 Å². The number of nitrogens with zero attached hydrogens (tertiary/aromatic N) is 1. The number of pyridine rings is 1. The predicted molar refractivity (Wildman–Crippen MR) is 74.9 cm³/mol. The molecule has 0 bridgehead atoms. The average Bonchev–Trinajstić information content (AvgIpc) is 2.24. The molecule has 1 aromatic heterocycles. The van der Waals surface area contributed by atoms with Crippen LogP contribution in [0.3, 0.4) is 0 Å². The van der Waals surface area contributed by atoms with Crippen LogP contribution in [0, 0.1) is 0 Å². The van der Waals surface area contributed by atoms with E-state index in [0.29, 0.717) is 4.75 Å². The van der Waals surface area contributed by atoms with Crippen molar-refractivity contribution in [3.05, 3.63) is 36.2 Å². The van der Waals surface area contributed by atoms with Gasteiger partial charge < -0.3 is 0 Å². The van der Waals surface area contributed by atoms with Crippen molar-refractivity contribution in [2.24, 2.45) is 0 Å². The van der Waals surface area contributed by atoms with Gasteiger partial charge in [0.25, 0.3) is 0 Å². The number of rotatable bonds is 4. The van der Waals surface area contributed by atoms with E-state index in [1.807, 2.05) is 36.0 Å². The predicted octanol–water partition coefficient (Wildman–Crippen LogP) is 4.58. The van der Waals surface area contributed by atoms with E-state index in [9.17, 15) is 0 Å². The van der Waals surface area contributed by atoms with Crippen molar-refractivity contribution in [1.82, 2.24) is 4.98 Å². The van der Waals surface area contributed by atoms with Gasteiger partial charge in [-0.15, -0.1) is 0 Å². The van der Waals surface area contributed by atoms with Crippen LogP contribution in [0.2, 0.25) is 0 Å². The lowest BCUT2D eigenvalue weighted by atomic mass is 10.3. The van der Waals surface area contributed by atoms with Crippen molar-refractivity contribution in [1.29, 1.82) is 0 Å². The minimum absolute atomic E-state index is 0.325. The minimum Gasteiger partial charge on any atom is -0.255 e. The Morgan fingerprint density at radius 3 is 2.75 bits per heavy atom. The van der Waals surface area contributed by atoms with Crippen LogP contribution in [-0.2, 0) is 0 Å². The van der Waals surface area contributed by atoms with Gasteiger partial charge in [0, 0.05) is 10.9 Å². The highest BCUT2D eigenvalue weighted by Crippen LogP contribution is 2.25. The minimum atomic E-state index is 0.325. The van der Waals surface area contributed by atoms with Gasteiger partial charge in [-0.05, 0) is 24.3 Å². The zero-order valence-corrected chi connectivity index (χ0v) is 11.6. The molecule has 0 saturated carbocycles. The molecule has 0 spiro atoms. The molecular weight excluding hydrogens is 238 g/mol. The summed E-state index contributed by atoms with van der Waals surface area (Å²) >= 11 is 8.09. The molecular formula is C13H18ClNS. The molecule has 1 nitrogen and oxygen atoms in total. The maximum Gasteiger partial charge on any atom is 0.0812 e. The van der Waals surface area contributed by atoms with E-state index in [-0.39, 0.29) is 0 Å². The van der Waals surface area contributed by atoms with Gasteiger partial charge in [0.2, 0.25) is 0 Å². The van der Waals surface area contributed by atoms with Crippen LogP contribution in [0.1, 0.15) is 32.9 Å². The van der Waals surface area contributed by atoms with E-state index < -0.39 is 0 Å². The Balaban J connectivity index is 2.41. The summed E-state index contributed by atoms with van der Waals surface area (Å²) in [5.41, 5.74) is 0.852. The number of allylic oxidation sites excluding steroid dienone is 1. The van der Waals surface area contributed by atoms with Gasteiger partial charge in [-0.1, -0.05) is 44.5 Å². The zero-order chi connectivity index (χ0) is 12.0. The summed E-state index contributed by atoms with van der Waals surface area (Å²) in [6, 6.07) is 5.77. The second-order valence-electron chi connectivity index (χ2n) is 4.52. The Bertz CT molecular complexity index is 341. The van der Waals surface area contributed by atoms with Crippen molar-refractivity contribution >= 4 is 28.4 Å². The first kappa shape index (κ1) is 13.6. The Morgan fingerprint density at radius 2 is 2.19 bits per heavy atom. The summed E-state index contributed by atoms with van der Waals surface area (Å²) in [5, 5.41) is 0.745. The highest BCUT2D eigenvalue weighted by Gasteiger charge is 2.09. The lowest BCUT2D eigenvalue weighted by Gasteiger charge is -2.16. The summed E-state index contributed by atoms with van der Waals surface area (Å²) in [7, 11) is 0. The average molecular weight is 256 g/mol. The number of halogens is 1. The Labute approximate surface area is 107 Å². The molecule has 88 valence electrons. The summed E-state index contributed by atoms with van der Waals surface area (Å²) < 4.78 is 0.325. The molecule has 0 atom stereocenters. The van der Waals surface area contributed by atoms with Gasteiger partial charge in [0.05, 0.1) is 10.7 Å². The lowest BCUT2D eigenvalue weighted by Crippen LogP contribution is -2.07. The molecule has 1 aromatic rings. The molecule has 0 fully saturated rings. The van der Waals surface area contributed by atoms with E-state index in [1.54, 1.807) is 6.20 Å².